The number of hydrogen-bond acceptors (Lipinski definition) is 3. The van der Waals surface area contributed by atoms with Crippen molar-refractivity contribution in [3.05, 3.63) is 29.3 Å². The number of carboxylic acids is 1. The Hall–Kier alpha value is -1.16. The van der Waals surface area contributed by atoms with Gasteiger partial charge in [0, 0.05) is 5.75 Å². The molecule has 0 aliphatic carbocycles. The lowest BCUT2D eigenvalue weighted by Gasteiger charge is -2.26. The smallest absolute Gasteiger partial charge is 0.304 e. The largest absolute Gasteiger partial charge is 0.507 e. The number of hydrogen-bond donors (Lipinski definition) is 3. The van der Waals surface area contributed by atoms with Crippen molar-refractivity contribution >= 4 is 18.6 Å². The normalized spacial score (nSPS) is 11.6. The lowest BCUT2D eigenvalue weighted by atomic mass is 9.80. The van der Waals surface area contributed by atoms with Gasteiger partial charge in [0.25, 0.3) is 0 Å². The van der Waals surface area contributed by atoms with Crippen LogP contribution in [0.4, 0.5) is 0 Å². The molecule has 0 aromatic heterocycles. The molecule has 0 saturated carbocycles. The van der Waals surface area contributed by atoms with Gasteiger partial charge in [-0.25, -0.2) is 0 Å². The second kappa shape index (κ2) is 7.74. The molecule has 0 heterocycles. The Morgan fingerprint density at radius 1 is 1.05 bits per heavy atom. The van der Waals surface area contributed by atoms with Crippen LogP contribution in [0.1, 0.15) is 59.1 Å². The van der Waals surface area contributed by atoms with E-state index in [0.717, 1.165) is 11.1 Å². The maximum atomic E-state index is 10.3. The number of carbonyl (C=O) groups is 1. The summed E-state index contributed by atoms with van der Waals surface area (Å²) in [5.41, 5.74) is 2.03. The van der Waals surface area contributed by atoms with Crippen LogP contribution in [0.2, 0.25) is 0 Å². The van der Waals surface area contributed by atoms with E-state index in [2.05, 4.69) is 54.2 Å². The Bertz CT molecular complexity index is 436. The topological polar surface area (TPSA) is 57.5 Å². The molecular formula is C17H28O3S. The van der Waals surface area contributed by atoms with Gasteiger partial charge in [0.2, 0.25) is 0 Å². The molecule has 0 unspecified atom stereocenters. The first-order chi connectivity index (χ1) is 9.41. The Kier molecular flexibility index (Phi) is 7.31. The predicted molar refractivity (Wildman–Crippen MR) is 91.6 cm³/mol. The summed E-state index contributed by atoms with van der Waals surface area (Å²) in [4.78, 5) is 9.55. The summed E-state index contributed by atoms with van der Waals surface area (Å²) in [6, 6.07) is 6.04. The van der Waals surface area contributed by atoms with E-state index in [1.54, 1.807) is 0 Å². The average molecular weight is 312 g/mol. The molecule has 3 nitrogen and oxygen atoms in total. The van der Waals surface area contributed by atoms with Gasteiger partial charge in [-0.3, -0.25) is 4.79 Å². The summed E-state index contributed by atoms with van der Waals surface area (Å²) in [7, 11) is 0. The first-order valence-corrected chi connectivity index (χ1v) is 7.70. The number of phenols is 1. The third kappa shape index (κ3) is 6.89. The van der Waals surface area contributed by atoms with E-state index in [9.17, 15) is 9.90 Å². The second-order valence-electron chi connectivity index (χ2n) is 7.07. The minimum Gasteiger partial charge on any atom is -0.507 e. The minimum absolute atomic E-state index is 0.00859. The van der Waals surface area contributed by atoms with Crippen LogP contribution >= 0.6 is 12.6 Å². The predicted octanol–water partition coefficient (Wildman–Crippen LogP) is 4.38. The van der Waals surface area contributed by atoms with Crippen LogP contribution in [0, 0.1) is 0 Å². The van der Waals surface area contributed by atoms with Crippen molar-refractivity contribution in [2.45, 2.75) is 58.8 Å². The zero-order chi connectivity index (χ0) is 16.8. The van der Waals surface area contributed by atoms with Crippen LogP contribution in [-0.2, 0) is 15.6 Å². The average Bonchev–Trinajstić information content (AvgIpc) is 2.26. The van der Waals surface area contributed by atoms with Crippen molar-refractivity contribution in [1.29, 1.82) is 0 Å². The SMILES string of the molecule is CC(C)(C)c1cccc(C(C)(C)C)c1O.O=C(O)CCS. The van der Waals surface area contributed by atoms with E-state index in [1.807, 2.05) is 18.2 Å². The van der Waals surface area contributed by atoms with E-state index in [4.69, 9.17) is 5.11 Å². The van der Waals surface area contributed by atoms with Crippen molar-refractivity contribution < 1.29 is 15.0 Å². The molecule has 0 atom stereocenters. The second-order valence-corrected chi connectivity index (χ2v) is 7.52. The monoisotopic (exact) mass is 312 g/mol. The standard InChI is InChI=1S/C14H22O.C3H6O2S/c1-13(2,3)10-8-7-9-11(12(10)15)14(4,5)6;4-3(5)1-2-6/h7-9,15H,1-6H3;6H,1-2H2,(H,4,5). The maximum Gasteiger partial charge on any atom is 0.304 e. The fraction of sp³-hybridized carbons (Fsp3) is 0.588. The molecule has 0 spiro atoms. The zero-order valence-corrected chi connectivity index (χ0v) is 14.8. The number of para-hydroxylation sites is 1. The van der Waals surface area contributed by atoms with Gasteiger partial charge < -0.3 is 10.2 Å². The van der Waals surface area contributed by atoms with Crippen LogP contribution < -0.4 is 0 Å². The van der Waals surface area contributed by atoms with Crippen molar-refractivity contribution in [2.24, 2.45) is 0 Å². The van der Waals surface area contributed by atoms with Gasteiger partial charge in [-0.05, 0) is 22.0 Å². The molecule has 1 aromatic carbocycles. The number of aliphatic carboxylic acids is 1. The van der Waals surface area contributed by atoms with E-state index in [1.165, 1.54) is 0 Å². The molecule has 0 aliphatic rings. The van der Waals surface area contributed by atoms with E-state index in [0.29, 0.717) is 11.5 Å². The van der Waals surface area contributed by atoms with Gasteiger partial charge in [0.1, 0.15) is 5.75 Å². The van der Waals surface area contributed by atoms with Crippen molar-refractivity contribution in [3.8, 4) is 5.75 Å². The molecule has 0 radical (unpaired) electrons. The van der Waals surface area contributed by atoms with E-state index < -0.39 is 5.97 Å². The highest BCUT2D eigenvalue weighted by Crippen LogP contribution is 2.38. The van der Waals surface area contributed by atoms with Gasteiger partial charge in [-0.1, -0.05) is 59.7 Å². The van der Waals surface area contributed by atoms with Crippen molar-refractivity contribution in [1.82, 2.24) is 0 Å². The molecule has 0 amide bonds. The first-order valence-electron chi connectivity index (χ1n) is 7.07. The lowest BCUT2D eigenvalue weighted by Crippen LogP contribution is -2.16. The van der Waals surface area contributed by atoms with Crippen LogP contribution in [0.25, 0.3) is 0 Å². The molecule has 0 fully saturated rings. The maximum absolute atomic E-state index is 10.3. The number of thiol groups is 1. The summed E-state index contributed by atoms with van der Waals surface area (Å²) in [6.07, 6.45) is 0.156. The third-order valence-corrected chi connectivity index (χ3v) is 3.20. The van der Waals surface area contributed by atoms with Gasteiger partial charge >= 0.3 is 5.97 Å². The number of benzene rings is 1. The van der Waals surface area contributed by atoms with Crippen LogP contribution in [-0.4, -0.2) is 21.9 Å². The van der Waals surface area contributed by atoms with E-state index >= 15 is 0 Å². The van der Waals surface area contributed by atoms with Crippen LogP contribution in [0.3, 0.4) is 0 Å². The zero-order valence-electron chi connectivity index (χ0n) is 13.9. The molecule has 2 N–H and O–H groups in total. The summed E-state index contributed by atoms with van der Waals surface area (Å²) >= 11 is 3.68. The van der Waals surface area contributed by atoms with Gasteiger partial charge in [-0.15, -0.1) is 0 Å². The molecule has 21 heavy (non-hydrogen) atoms. The molecule has 120 valence electrons. The summed E-state index contributed by atoms with van der Waals surface area (Å²) in [5.74, 6) is 0.0949. The first kappa shape index (κ1) is 19.8. The third-order valence-electron chi connectivity index (χ3n) is 2.98. The van der Waals surface area contributed by atoms with Gasteiger partial charge in [-0.2, -0.15) is 12.6 Å². The Morgan fingerprint density at radius 2 is 1.43 bits per heavy atom. The van der Waals surface area contributed by atoms with Crippen LogP contribution in [0.5, 0.6) is 5.75 Å². The van der Waals surface area contributed by atoms with Crippen LogP contribution in [0.15, 0.2) is 18.2 Å². The molecule has 0 saturated heterocycles. The molecular weight excluding hydrogens is 284 g/mol. The molecule has 4 heteroatoms. The molecule has 0 bridgehead atoms. The Morgan fingerprint density at radius 3 is 1.62 bits per heavy atom. The van der Waals surface area contributed by atoms with Gasteiger partial charge in [0.05, 0.1) is 6.42 Å². The highest BCUT2D eigenvalue weighted by Gasteiger charge is 2.24. The number of phenolic OH excluding ortho intramolecular Hbond substituents is 1. The summed E-state index contributed by atoms with van der Waals surface area (Å²) < 4.78 is 0. The number of aromatic hydroxyl groups is 1. The minimum atomic E-state index is -0.787. The highest BCUT2D eigenvalue weighted by atomic mass is 32.1. The number of rotatable bonds is 2. The molecule has 1 rings (SSSR count). The number of carboxylic acid groups (broad SMARTS) is 1. The van der Waals surface area contributed by atoms with Gasteiger partial charge in [0.15, 0.2) is 0 Å². The Balaban J connectivity index is 0.000000567. The molecule has 0 aliphatic heterocycles. The van der Waals surface area contributed by atoms with Crippen molar-refractivity contribution in [3.63, 3.8) is 0 Å². The highest BCUT2D eigenvalue weighted by molar-refractivity contribution is 7.80. The summed E-state index contributed by atoms with van der Waals surface area (Å²) in [6.45, 7) is 12.7. The Labute approximate surface area is 133 Å². The lowest BCUT2D eigenvalue weighted by molar-refractivity contribution is -0.136. The van der Waals surface area contributed by atoms with Crippen molar-refractivity contribution in [2.75, 3.05) is 5.75 Å². The quantitative estimate of drug-likeness (QED) is 0.710. The van der Waals surface area contributed by atoms with E-state index in [-0.39, 0.29) is 17.3 Å². The fourth-order valence-corrected chi connectivity index (χ4v) is 2.04. The molecule has 1 aromatic rings. The summed E-state index contributed by atoms with van der Waals surface area (Å²) in [5, 5.41) is 18.1. The fourth-order valence-electron chi connectivity index (χ4n) is 1.85.